The predicted molar refractivity (Wildman–Crippen MR) is 77.5 cm³/mol. The quantitative estimate of drug-likeness (QED) is 0.670. The van der Waals surface area contributed by atoms with Crippen molar-refractivity contribution in [2.45, 2.75) is 44.8 Å². The first-order valence-electron chi connectivity index (χ1n) is 6.90. The molecule has 0 spiro atoms. The van der Waals surface area contributed by atoms with E-state index in [-0.39, 0.29) is 12.6 Å². The van der Waals surface area contributed by atoms with Crippen LogP contribution in [-0.4, -0.2) is 41.2 Å². The summed E-state index contributed by atoms with van der Waals surface area (Å²) in [6, 6.07) is -0.264. The first kappa shape index (κ1) is 16.1. The van der Waals surface area contributed by atoms with Crippen molar-refractivity contribution in [1.29, 1.82) is 0 Å². The first-order chi connectivity index (χ1) is 9.04. The van der Waals surface area contributed by atoms with E-state index >= 15 is 0 Å². The number of amides is 2. The number of rotatable bonds is 7. The zero-order chi connectivity index (χ0) is 14.3. The van der Waals surface area contributed by atoms with Crippen molar-refractivity contribution in [2.24, 2.45) is 5.41 Å². The van der Waals surface area contributed by atoms with Gasteiger partial charge in [-0.15, -0.1) is 0 Å². The van der Waals surface area contributed by atoms with Gasteiger partial charge in [-0.3, -0.25) is 4.79 Å². The summed E-state index contributed by atoms with van der Waals surface area (Å²) in [7, 11) is 0. The van der Waals surface area contributed by atoms with Crippen LogP contribution in [0, 0.1) is 5.41 Å². The van der Waals surface area contributed by atoms with Crippen LogP contribution < -0.4 is 10.6 Å². The highest BCUT2D eigenvalue weighted by molar-refractivity contribution is 8.00. The van der Waals surface area contributed by atoms with E-state index < -0.39 is 11.4 Å². The van der Waals surface area contributed by atoms with E-state index in [1.54, 1.807) is 0 Å². The fraction of sp³-hybridized carbons (Fsp3) is 0.846. The summed E-state index contributed by atoms with van der Waals surface area (Å²) in [5.41, 5.74) is -0.848. The fourth-order valence-electron chi connectivity index (χ4n) is 2.20. The zero-order valence-electron chi connectivity index (χ0n) is 11.7. The number of carbonyl (C=O) groups is 2. The molecule has 0 bridgehead atoms. The molecule has 1 heterocycles. The highest BCUT2D eigenvalue weighted by Crippen LogP contribution is 2.26. The number of hydrogen-bond acceptors (Lipinski definition) is 3. The van der Waals surface area contributed by atoms with Gasteiger partial charge in [-0.2, -0.15) is 11.8 Å². The molecular weight excluding hydrogens is 264 g/mol. The molecule has 1 atom stereocenters. The molecule has 0 saturated carbocycles. The van der Waals surface area contributed by atoms with E-state index in [4.69, 9.17) is 0 Å². The van der Waals surface area contributed by atoms with Crippen molar-refractivity contribution >= 4 is 23.8 Å². The van der Waals surface area contributed by atoms with Crippen molar-refractivity contribution in [3.05, 3.63) is 0 Å². The van der Waals surface area contributed by atoms with Crippen LogP contribution in [0.5, 0.6) is 0 Å². The Labute approximate surface area is 118 Å². The first-order valence-corrected chi connectivity index (χ1v) is 7.95. The fourth-order valence-corrected chi connectivity index (χ4v) is 3.40. The Morgan fingerprint density at radius 1 is 1.32 bits per heavy atom. The Hall–Kier alpha value is -0.910. The largest absolute Gasteiger partial charge is 0.481 e. The van der Waals surface area contributed by atoms with E-state index in [0.717, 1.165) is 6.42 Å². The minimum atomic E-state index is -0.848. The van der Waals surface area contributed by atoms with Gasteiger partial charge in [0.25, 0.3) is 0 Å². The van der Waals surface area contributed by atoms with Gasteiger partial charge in [-0.25, -0.2) is 4.79 Å². The number of carbonyl (C=O) groups excluding carboxylic acids is 1. The molecule has 19 heavy (non-hydrogen) atoms. The van der Waals surface area contributed by atoms with Crippen LogP contribution >= 0.6 is 11.8 Å². The predicted octanol–water partition coefficient (Wildman–Crippen LogP) is 2.07. The third kappa shape index (κ3) is 4.60. The number of hydrogen-bond donors (Lipinski definition) is 3. The van der Waals surface area contributed by atoms with Gasteiger partial charge in [0, 0.05) is 18.3 Å². The van der Waals surface area contributed by atoms with Crippen LogP contribution in [0.25, 0.3) is 0 Å². The van der Waals surface area contributed by atoms with Crippen molar-refractivity contribution in [3.8, 4) is 0 Å². The van der Waals surface area contributed by atoms with E-state index in [2.05, 4.69) is 10.6 Å². The van der Waals surface area contributed by atoms with Crippen LogP contribution in [-0.2, 0) is 4.79 Å². The van der Waals surface area contributed by atoms with Gasteiger partial charge < -0.3 is 15.7 Å². The number of nitrogens with one attached hydrogen (secondary N) is 2. The Morgan fingerprint density at radius 3 is 2.47 bits per heavy atom. The molecule has 1 aliphatic rings. The summed E-state index contributed by atoms with van der Waals surface area (Å²) < 4.78 is 0. The molecule has 1 aliphatic heterocycles. The van der Waals surface area contributed by atoms with Gasteiger partial charge in [0.1, 0.15) is 0 Å². The lowest BCUT2D eigenvalue weighted by atomic mass is 9.82. The maximum Gasteiger partial charge on any atom is 0.314 e. The van der Waals surface area contributed by atoms with Crippen molar-refractivity contribution < 1.29 is 14.7 Å². The highest BCUT2D eigenvalue weighted by atomic mass is 32.2. The molecule has 0 aromatic heterocycles. The van der Waals surface area contributed by atoms with Gasteiger partial charge >= 0.3 is 12.0 Å². The minimum Gasteiger partial charge on any atom is -0.481 e. The average Bonchev–Trinajstić information content (AvgIpc) is 2.91. The van der Waals surface area contributed by atoms with Gasteiger partial charge in [-0.05, 0) is 31.4 Å². The lowest BCUT2D eigenvalue weighted by molar-refractivity contribution is -0.149. The highest BCUT2D eigenvalue weighted by Gasteiger charge is 2.35. The lowest BCUT2D eigenvalue weighted by Gasteiger charge is -2.27. The normalized spacial score (nSPS) is 19.2. The zero-order valence-corrected chi connectivity index (χ0v) is 12.5. The summed E-state index contributed by atoms with van der Waals surface area (Å²) in [4.78, 5) is 23.0. The molecule has 5 nitrogen and oxygen atoms in total. The SMILES string of the molecule is CCC(CC)(CNC(=O)NCC1CCCS1)C(=O)O. The number of carboxylic acids is 1. The van der Waals surface area contributed by atoms with E-state index in [1.807, 2.05) is 25.6 Å². The Morgan fingerprint density at radius 2 is 2.00 bits per heavy atom. The van der Waals surface area contributed by atoms with Crippen LogP contribution in [0.4, 0.5) is 4.79 Å². The van der Waals surface area contributed by atoms with Crippen LogP contribution in [0.15, 0.2) is 0 Å². The molecule has 0 radical (unpaired) electrons. The van der Waals surface area contributed by atoms with Gasteiger partial charge in [0.15, 0.2) is 0 Å². The smallest absolute Gasteiger partial charge is 0.314 e. The van der Waals surface area contributed by atoms with Crippen LogP contribution in [0.3, 0.4) is 0 Å². The molecule has 1 rings (SSSR count). The number of thioether (sulfide) groups is 1. The molecule has 6 heteroatoms. The van der Waals surface area contributed by atoms with Gasteiger partial charge in [-0.1, -0.05) is 13.8 Å². The van der Waals surface area contributed by atoms with Crippen molar-refractivity contribution in [2.75, 3.05) is 18.8 Å². The molecule has 1 unspecified atom stereocenters. The summed E-state index contributed by atoms with van der Waals surface area (Å²) in [5.74, 6) is 0.325. The summed E-state index contributed by atoms with van der Waals surface area (Å²) >= 11 is 1.89. The second-order valence-corrected chi connectivity index (χ2v) is 6.40. The summed E-state index contributed by atoms with van der Waals surface area (Å²) in [6.45, 7) is 4.52. The lowest BCUT2D eigenvalue weighted by Crippen LogP contribution is -2.46. The summed E-state index contributed by atoms with van der Waals surface area (Å²) in [5, 5.41) is 15.3. The Bertz CT molecular complexity index is 313. The molecule has 0 aliphatic carbocycles. The van der Waals surface area contributed by atoms with E-state index in [1.165, 1.54) is 12.2 Å². The minimum absolute atomic E-state index is 0.180. The van der Waals surface area contributed by atoms with Gasteiger partial charge in [0.2, 0.25) is 0 Å². The third-order valence-electron chi connectivity index (χ3n) is 3.91. The maximum absolute atomic E-state index is 11.7. The van der Waals surface area contributed by atoms with E-state index in [9.17, 15) is 14.7 Å². The number of carboxylic acid groups (broad SMARTS) is 1. The van der Waals surface area contributed by atoms with Crippen LogP contribution in [0.2, 0.25) is 0 Å². The molecule has 110 valence electrons. The molecule has 3 N–H and O–H groups in total. The number of aliphatic carboxylic acids is 1. The molecule has 2 amide bonds. The Kier molecular flexibility index (Phi) is 6.48. The topological polar surface area (TPSA) is 78.4 Å². The third-order valence-corrected chi connectivity index (χ3v) is 5.31. The number of urea groups is 1. The standard InChI is InChI=1S/C13H24N2O3S/c1-3-13(4-2,11(16)17)9-15-12(18)14-8-10-6-5-7-19-10/h10H,3-9H2,1-2H3,(H,16,17)(H2,14,15,18). The van der Waals surface area contributed by atoms with E-state index in [0.29, 0.717) is 24.6 Å². The van der Waals surface area contributed by atoms with Gasteiger partial charge in [0.05, 0.1) is 5.41 Å². The maximum atomic E-state index is 11.7. The molecule has 0 aromatic rings. The molecule has 1 saturated heterocycles. The Balaban J connectivity index is 2.32. The second kappa shape index (κ2) is 7.62. The molecule has 1 fully saturated rings. The molecular formula is C13H24N2O3S. The van der Waals surface area contributed by atoms with Crippen molar-refractivity contribution in [1.82, 2.24) is 10.6 Å². The molecule has 0 aromatic carbocycles. The van der Waals surface area contributed by atoms with Crippen molar-refractivity contribution in [3.63, 3.8) is 0 Å². The monoisotopic (exact) mass is 288 g/mol. The van der Waals surface area contributed by atoms with Crippen LogP contribution in [0.1, 0.15) is 39.5 Å². The second-order valence-electron chi connectivity index (χ2n) is 4.99. The average molecular weight is 288 g/mol. The summed E-state index contributed by atoms with van der Waals surface area (Å²) in [6.07, 6.45) is 3.38.